The summed E-state index contributed by atoms with van der Waals surface area (Å²) in [6, 6.07) is 18.2. The van der Waals surface area contributed by atoms with Crippen molar-refractivity contribution in [1.29, 1.82) is 0 Å². The molecule has 1 aromatic heterocycles. The number of rotatable bonds is 9. The van der Waals surface area contributed by atoms with Gasteiger partial charge in [-0.3, -0.25) is 4.79 Å². The van der Waals surface area contributed by atoms with Gasteiger partial charge in [0.05, 0.1) is 5.56 Å². The van der Waals surface area contributed by atoms with Gasteiger partial charge in [0.25, 0.3) is 5.91 Å². The van der Waals surface area contributed by atoms with E-state index in [-0.39, 0.29) is 23.1 Å². The molecule has 45 heavy (non-hydrogen) atoms. The summed E-state index contributed by atoms with van der Waals surface area (Å²) in [6.07, 6.45) is 0.181. The molecule has 4 aromatic rings. The van der Waals surface area contributed by atoms with Crippen LogP contribution in [0.1, 0.15) is 79.3 Å². The molecule has 0 radical (unpaired) electrons. The lowest BCUT2D eigenvalue weighted by atomic mass is 9.87. The van der Waals surface area contributed by atoms with Gasteiger partial charge in [0.15, 0.2) is 0 Å². The lowest BCUT2D eigenvalue weighted by Crippen LogP contribution is -2.42. The van der Waals surface area contributed by atoms with E-state index in [0.29, 0.717) is 23.8 Å². The van der Waals surface area contributed by atoms with Crippen molar-refractivity contribution in [3.63, 3.8) is 0 Å². The third kappa shape index (κ3) is 8.01. The Morgan fingerprint density at radius 1 is 0.933 bits per heavy atom. The fraction of sp³-hybridized carbons (Fsp3) is 0.361. The minimum absolute atomic E-state index is 0.0228. The normalized spacial score (nSPS) is 14.8. The number of fused-ring (bicyclic) bond motifs is 1. The first-order valence-corrected chi connectivity index (χ1v) is 15.2. The lowest BCUT2D eigenvalue weighted by molar-refractivity contribution is -0.139. The Kier molecular flexibility index (Phi) is 9.18. The first-order chi connectivity index (χ1) is 21.3. The number of aliphatic carboxylic acids is 1. The maximum atomic E-state index is 13.4. The van der Waals surface area contributed by atoms with E-state index in [2.05, 4.69) is 26.1 Å². The Labute approximate surface area is 260 Å². The Morgan fingerprint density at radius 3 is 2.27 bits per heavy atom. The third-order valence-corrected chi connectivity index (χ3v) is 8.33. The number of aromatic nitrogens is 1. The number of hydrogen-bond donors (Lipinski definition) is 2. The van der Waals surface area contributed by atoms with Crippen molar-refractivity contribution < 1.29 is 32.6 Å². The number of carbonyl (C=O) groups excluding carboxylic acids is 1. The Balaban J connectivity index is 1.41. The molecule has 1 amide bonds. The molecule has 1 aliphatic rings. The molecular weight excluding hydrogens is 581 g/mol. The molecule has 1 heterocycles. The molecule has 2 N–H and O–H groups in total. The van der Waals surface area contributed by atoms with E-state index in [1.165, 1.54) is 17.7 Å². The summed E-state index contributed by atoms with van der Waals surface area (Å²) in [4.78, 5) is 30.1. The number of ether oxygens (including phenoxy) is 1. The standard InChI is InChI=1S/C36H37F3N2O4/c1-35(2,3)25-12-15-27(16-13-25)45-28-14-11-24-20-31(40-30(29(24)21-28)18-22-7-4-5-8-22)33(42)41-32(34(43)44)19-23-9-6-10-26(17-23)36(37,38)39/h6,9-17,20-22,32H,4-5,7-8,18-19H2,1-3H3,(H,41,42)(H,43,44)/t32-/m0/s1. The van der Waals surface area contributed by atoms with Gasteiger partial charge in [0.1, 0.15) is 23.2 Å². The lowest BCUT2D eigenvalue weighted by Gasteiger charge is -2.19. The third-order valence-electron chi connectivity index (χ3n) is 8.33. The van der Waals surface area contributed by atoms with E-state index < -0.39 is 29.7 Å². The number of hydrogen-bond acceptors (Lipinski definition) is 4. The molecule has 236 valence electrons. The van der Waals surface area contributed by atoms with Crippen LogP contribution in [0.3, 0.4) is 0 Å². The summed E-state index contributed by atoms with van der Waals surface area (Å²) in [5.41, 5.74) is 1.26. The summed E-state index contributed by atoms with van der Waals surface area (Å²) >= 11 is 0. The minimum Gasteiger partial charge on any atom is -0.480 e. The van der Waals surface area contributed by atoms with Gasteiger partial charge in [-0.15, -0.1) is 0 Å². The van der Waals surface area contributed by atoms with Crippen LogP contribution in [-0.4, -0.2) is 28.0 Å². The SMILES string of the molecule is CC(C)(C)c1ccc(Oc2ccc3cc(C(=O)N[C@@H](Cc4cccc(C(F)(F)F)c4)C(=O)O)nc(CC4CCCC4)c3c2)cc1. The quantitative estimate of drug-likeness (QED) is 0.196. The Hall–Kier alpha value is -4.40. The number of nitrogens with zero attached hydrogens (tertiary/aromatic N) is 1. The van der Waals surface area contributed by atoms with Crippen molar-refractivity contribution in [3.8, 4) is 11.5 Å². The Bertz CT molecular complexity index is 1690. The van der Waals surface area contributed by atoms with Gasteiger partial charge in [-0.1, -0.05) is 82.9 Å². The first-order valence-electron chi connectivity index (χ1n) is 15.2. The minimum atomic E-state index is -4.56. The average Bonchev–Trinajstić information content (AvgIpc) is 3.49. The molecule has 5 rings (SSSR count). The van der Waals surface area contributed by atoms with E-state index in [1.807, 2.05) is 42.5 Å². The molecular formula is C36H37F3N2O4. The number of carbonyl (C=O) groups is 2. The van der Waals surface area contributed by atoms with Crippen LogP contribution in [0.25, 0.3) is 10.8 Å². The zero-order valence-corrected chi connectivity index (χ0v) is 25.6. The van der Waals surface area contributed by atoms with Crippen molar-refractivity contribution in [2.45, 2.75) is 76.9 Å². The second-order valence-corrected chi connectivity index (χ2v) is 12.8. The topological polar surface area (TPSA) is 88.5 Å². The highest BCUT2D eigenvalue weighted by molar-refractivity contribution is 5.99. The predicted molar refractivity (Wildman–Crippen MR) is 167 cm³/mol. The first kappa shape index (κ1) is 32.0. The zero-order valence-electron chi connectivity index (χ0n) is 25.6. The zero-order chi connectivity index (χ0) is 32.4. The van der Waals surface area contributed by atoms with E-state index in [9.17, 15) is 27.9 Å². The van der Waals surface area contributed by atoms with E-state index in [0.717, 1.165) is 54.3 Å². The molecule has 0 aliphatic heterocycles. The van der Waals surface area contributed by atoms with Crippen molar-refractivity contribution in [2.75, 3.05) is 0 Å². The van der Waals surface area contributed by atoms with E-state index in [1.54, 1.807) is 6.07 Å². The Morgan fingerprint density at radius 2 is 1.62 bits per heavy atom. The van der Waals surface area contributed by atoms with Crippen molar-refractivity contribution in [3.05, 3.63) is 101 Å². The average molecular weight is 619 g/mol. The molecule has 0 spiro atoms. The monoisotopic (exact) mass is 618 g/mol. The summed E-state index contributed by atoms with van der Waals surface area (Å²) < 4.78 is 45.8. The molecule has 1 aliphatic carbocycles. The van der Waals surface area contributed by atoms with Crippen LogP contribution in [0, 0.1) is 5.92 Å². The molecule has 0 unspecified atom stereocenters. The fourth-order valence-electron chi connectivity index (χ4n) is 5.82. The highest BCUT2D eigenvalue weighted by Gasteiger charge is 2.31. The molecule has 1 atom stereocenters. The summed E-state index contributed by atoms with van der Waals surface area (Å²) in [5.74, 6) is -0.316. The number of alkyl halides is 3. The van der Waals surface area contributed by atoms with Crippen LogP contribution in [-0.2, 0) is 29.2 Å². The van der Waals surface area contributed by atoms with Crippen molar-refractivity contribution in [1.82, 2.24) is 10.3 Å². The fourth-order valence-corrected chi connectivity index (χ4v) is 5.82. The van der Waals surface area contributed by atoms with Crippen LogP contribution in [0.2, 0.25) is 0 Å². The van der Waals surface area contributed by atoms with Gasteiger partial charge < -0.3 is 15.2 Å². The second kappa shape index (κ2) is 12.9. The molecule has 1 fully saturated rings. The number of pyridine rings is 1. The number of amides is 1. The van der Waals surface area contributed by atoms with Gasteiger partial charge in [-0.25, -0.2) is 9.78 Å². The number of carboxylic acids is 1. The van der Waals surface area contributed by atoms with Crippen LogP contribution in [0.15, 0.2) is 72.8 Å². The molecule has 9 heteroatoms. The van der Waals surface area contributed by atoms with Crippen LogP contribution in [0.5, 0.6) is 11.5 Å². The highest BCUT2D eigenvalue weighted by Crippen LogP contribution is 2.34. The molecule has 1 saturated carbocycles. The summed E-state index contributed by atoms with van der Waals surface area (Å²) in [7, 11) is 0. The van der Waals surface area contributed by atoms with Gasteiger partial charge in [-0.2, -0.15) is 13.2 Å². The van der Waals surface area contributed by atoms with Crippen LogP contribution >= 0.6 is 0 Å². The van der Waals surface area contributed by atoms with Gasteiger partial charge in [0.2, 0.25) is 0 Å². The maximum Gasteiger partial charge on any atom is 0.416 e. The summed E-state index contributed by atoms with van der Waals surface area (Å²) in [5, 5.41) is 13.9. The van der Waals surface area contributed by atoms with Gasteiger partial charge >= 0.3 is 12.1 Å². The van der Waals surface area contributed by atoms with Gasteiger partial charge in [0, 0.05) is 17.5 Å². The highest BCUT2D eigenvalue weighted by atomic mass is 19.4. The maximum absolute atomic E-state index is 13.4. The molecule has 6 nitrogen and oxygen atoms in total. The van der Waals surface area contributed by atoms with Gasteiger partial charge in [-0.05, 0) is 70.7 Å². The smallest absolute Gasteiger partial charge is 0.416 e. The molecule has 0 saturated heterocycles. The van der Waals surface area contributed by atoms with Crippen molar-refractivity contribution >= 4 is 22.6 Å². The number of benzene rings is 3. The predicted octanol–water partition coefficient (Wildman–Crippen LogP) is 8.50. The molecule has 0 bridgehead atoms. The van der Waals surface area contributed by atoms with Crippen molar-refractivity contribution in [2.24, 2.45) is 5.92 Å². The number of nitrogens with one attached hydrogen (secondary N) is 1. The number of carboxylic acid groups (broad SMARTS) is 1. The van der Waals surface area contributed by atoms with E-state index in [4.69, 9.17) is 9.72 Å². The van der Waals surface area contributed by atoms with Crippen LogP contribution < -0.4 is 10.1 Å². The van der Waals surface area contributed by atoms with Crippen LogP contribution in [0.4, 0.5) is 13.2 Å². The second-order valence-electron chi connectivity index (χ2n) is 12.8. The van der Waals surface area contributed by atoms with E-state index >= 15 is 0 Å². The number of halogens is 3. The largest absolute Gasteiger partial charge is 0.480 e. The molecule has 3 aromatic carbocycles. The summed E-state index contributed by atoms with van der Waals surface area (Å²) in [6.45, 7) is 6.45.